The lowest BCUT2D eigenvalue weighted by Gasteiger charge is -2.24. The number of rotatable bonds is 3. The quantitative estimate of drug-likeness (QED) is 0.803. The SMILES string of the molecule is CC(C)(C)OC(=O)N1CC(F)C(C(=O)OCc2ccccc2)C1. The molecule has 1 aromatic carbocycles. The van der Waals surface area contributed by atoms with Crippen molar-refractivity contribution in [3.8, 4) is 0 Å². The van der Waals surface area contributed by atoms with Gasteiger partial charge >= 0.3 is 12.1 Å². The first-order valence-electron chi connectivity index (χ1n) is 7.59. The topological polar surface area (TPSA) is 55.8 Å². The average molecular weight is 323 g/mol. The van der Waals surface area contributed by atoms with Gasteiger partial charge in [0.2, 0.25) is 0 Å². The van der Waals surface area contributed by atoms with E-state index in [1.807, 2.05) is 30.3 Å². The molecular formula is C17H22FNO4. The second-order valence-electron chi connectivity index (χ2n) is 6.60. The Morgan fingerprint density at radius 1 is 1.22 bits per heavy atom. The van der Waals surface area contributed by atoms with Gasteiger partial charge in [0.25, 0.3) is 0 Å². The highest BCUT2D eigenvalue weighted by atomic mass is 19.1. The minimum atomic E-state index is -1.44. The van der Waals surface area contributed by atoms with Crippen LogP contribution in [0.15, 0.2) is 30.3 Å². The van der Waals surface area contributed by atoms with E-state index in [0.29, 0.717) is 0 Å². The molecule has 0 spiro atoms. The first kappa shape index (κ1) is 17.2. The predicted molar refractivity (Wildman–Crippen MR) is 82.4 cm³/mol. The Labute approximate surface area is 135 Å². The molecular weight excluding hydrogens is 301 g/mol. The van der Waals surface area contributed by atoms with Crippen LogP contribution in [0.1, 0.15) is 26.3 Å². The lowest BCUT2D eigenvalue weighted by Crippen LogP contribution is -2.36. The monoisotopic (exact) mass is 323 g/mol. The average Bonchev–Trinajstić information content (AvgIpc) is 2.86. The number of carbonyl (C=O) groups excluding carboxylic acids is 2. The summed E-state index contributed by atoms with van der Waals surface area (Å²) in [5, 5.41) is 0. The van der Waals surface area contributed by atoms with Gasteiger partial charge in [0, 0.05) is 6.54 Å². The van der Waals surface area contributed by atoms with Gasteiger partial charge in [0.1, 0.15) is 24.3 Å². The number of benzene rings is 1. The number of esters is 1. The van der Waals surface area contributed by atoms with Crippen molar-refractivity contribution in [3.05, 3.63) is 35.9 Å². The van der Waals surface area contributed by atoms with Gasteiger partial charge in [-0.15, -0.1) is 0 Å². The number of hydrogen-bond acceptors (Lipinski definition) is 4. The first-order chi connectivity index (χ1) is 10.8. The number of likely N-dealkylation sites (tertiary alicyclic amines) is 1. The molecule has 1 amide bonds. The summed E-state index contributed by atoms with van der Waals surface area (Å²) in [4.78, 5) is 25.2. The van der Waals surface area contributed by atoms with E-state index in [1.54, 1.807) is 20.8 Å². The van der Waals surface area contributed by atoms with Gasteiger partial charge in [-0.3, -0.25) is 4.79 Å². The van der Waals surface area contributed by atoms with Crippen LogP contribution in [0.4, 0.5) is 9.18 Å². The number of amides is 1. The summed E-state index contributed by atoms with van der Waals surface area (Å²) in [7, 11) is 0. The van der Waals surface area contributed by atoms with Gasteiger partial charge < -0.3 is 14.4 Å². The van der Waals surface area contributed by atoms with E-state index >= 15 is 0 Å². The molecule has 0 saturated carbocycles. The Balaban J connectivity index is 1.88. The van der Waals surface area contributed by atoms with Crippen LogP contribution in [0.25, 0.3) is 0 Å². The summed E-state index contributed by atoms with van der Waals surface area (Å²) in [5.74, 6) is -1.60. The van der Waals surface area contributed by atoms with Crippen molar-refractivity contribution >= 4 is 12.1 Å². The second-order valence-corrected chi connectivity index (χ2v) is 6.60. The third-order valence-electron chi connectivity index (χ3n) is 3.43. The van der Waals surface area contributed by atoms with Gasteiger partial charge in [-0.2, -0.15) is 0 Å². The molecule has 1 saturated heterocycles. The molecule has 1 aromatic rings. The van der Waals surface area contributed by atoms with Gasteiger partial charge in [-0.05, 0) is 26.3 Å². The molecule has 0 N–H and O–H groups in total. The maximum Gasteiger partial charge on any atom is 0.410 e. The maximum absolute atomic E-state index is 14.1. The molecule has 5 nitrogen and oxygen atoms in total. The normalized spacial score (nSPS) is 21.1. The molecule has 0 radical (unpaired) electrons. The van der Waals surface area contributed by atoms with Gasteiger partial charge in [-0.25, -0.2) is 9.18 Å². The fourth-order valence-corrected chi connectivity index (χ4v) is 2.30. The highest BCUT2D eigenvalue weighted by molar-refractivity contribution is 5.76. The summed E-state index contributed by atoms with van der Waals surface area (Å²) in [6.07, 6.45) is -2.05. The summed E-state index contributed by atoms with van der Waals surface area (Å²) in [5.41, 5.74) is 0.174. The van der Waals surface area contributed by atoms with Crippen molar-refractivity contribution < 1.29 is 23.5 Å². The van der Waals surface area contributed by atoms with Crippen LogP contribution in [-0.4, -0.2) is 41.8 Å². The summed E-state index contributed by atoms with van der Waals surface area (Å²) < 4.78 is 24.4. The number of hydrogen-bond donors (Lipinski definition) is 0. The van der Waals surface area contributed by atoms with E-state index < -0.39 is 29.8 Å². The lowest BCUT2D eigenvalue weighted by atomic mass is 10.1. The van der Waals surface area contributed by atoms with E-state index in [9.17, 15) is 14.0 Å². The summed E-state index contributed by atoms with van der Waals surface area (Å²) in [6, 6.07) is 9.17. The van der Waals surface area contributed by atoms with Crippen molar-refractivity contribution in [1.29, 1.82) is 0 Å². The van der Waals surface area contributed by atoms with Crippen LogP contribution in [0, 0.1) is 5.92 Å². The van der Waals surface area contributed by atoms with Crippen LogP contribution in [0.5, 0.6) is 0 Å². The minimum absolute atomic E-state index is 0.0241. The first-order valence-corrected chi connectivity index (χ1v) is 7.59. The smallest absolute Gasteiger partial charge is 0.410 e. The molecule has 1 heterocycles. The predicted octanol–water partition coefficient (Wildman–Crippen LogP) is 2.93. The number of nitrogens with zero attached hydrogens (tertiary/aromatic N) is 1. The summed E-state index contributed by atoms with van der Waals surface area (Å²) in [6.45, 7) is 5.12. The van der Waals surface area contributed by atoms with Gasteiger partial charge in [-0.1, -0.05) is 30.3 Å². The molecule has 2 atom stereocenters. The van der Waals surface area contributed by atoms with E-state index in [0.717, 1.165) is 5.56 Å². The molecule has 2 unspecified atom stereocenters. The number of alkyl halides is 1. The highest BCUT2D eigenvalue weighted by Gasteiger charge is 2.42. The molecule has 6 heteroatoms. The number of carbonyl (C=O) groups is 2. The van der Waals surface area contributed by atoms with Crippen molar-refractivity contribution in [1.82, 2.24) is 4.90 Å². The molecule has 0 aliphatic carbocycles. The van der Waals surface area contributed by atoms with E-state index in [-0.39, 0.29) is 19.7 Å². The fourth-order valence-electron chi connectivity index (χ4n) is 2.30. The largest absolute Gasteiger partial charge is 0.460 e. The minimum Gasteiger partial charge on any atom is -0.460 e. The zero-order valence-corrected chi connectivity index (χ0v) is 13.6. The fraction of sp³-hybridized carbons (Fsp3) is 0.529. The molecule has 0 bridgehead atoms. The lowest BCUT2D eigenvalue weighted by molar-refractivity contribution is -0.150. The third-order valence-corrected chi connectivity index (χ3v) is 3.43. The van der Waals surface area contributed by atoms with Crippen molar-refractivity contribution in [2.45, 2.75) is 39.2 Å². The molecule has 1 aliphatic rings. The zero-order valence-electron chi connectivity index (χ0n) is 13.6. The zero-order chi connectivity index (χ0) is 17.0. The van der Waals surface area contributed by atoms with Crippen LogP contribution < -0.4 is 0 Å². The number of ether oxygens (including phenoxy) is 2. The second kappa shape index (κ2) is 6.98. The third kappa shape index (κ3) is 4.94. The van der Waals surface area contributed by atoms with Crippen molar-refractivity contribution in [3.63, 3.8) is 0 Å². The Morgan fingerprint density at radius 3 is 2.48 bits per heavy atom. The Hall–Kier alpha value is -2.11. The van der Waals surface area contributed by atoms with Crippen LogP contribution >= 0.6 is 0 Å². The van der Waals surface area contributed by atoms with Crippen LogP contribution in [0.3, 0.4) is 0 Å². The molecule has 0 aromatic heterocycles. The van der Waals surface area contributed by atoms with Crippen LogP contribution in [0.2, 0.25) is 0 Å². The highest BCUT2D eigenvalue weighted by Crippen LogP contribution is 2.24. The standard InChI is InChI=1S/C17H22FNO4/c1-17(2,3)23-16(21)19-9-13(14(18)10-19)15(20)22-11-12-7-5-4-6-8-12/h4-8,13-14H,9-11H2,1-3H3. The molecule has 1 aliphatic heterocycles. The molecule has 126 valence electrons. The molecule has 1 fully saturated rings. The molecule has 23 heavy (non-hydrogen) atoms. The number of halogens is 1. The molecule has 2 rings (SSSR count). The van der Waals surface area contributed by atoms with Gasteiger partial charge in [0.05, 0.1) is 6.54 Å². The van der Waals surface area contributed by atoms with Crippen LogP contribution in [-0.2, 0) is 20.9 Å². The van der Waals surface area contributed by atoms with E-state index in [2.05, 4.69) is 0 Å². The van der Waals surface area contributed by atoms with Crippen molar-refractivity contribution in [2.24, 2.45) is 5.92 Å². The Kier molecular flexibility index (Phi) is 5.23. The van der Waals surface area contributed by atoms with Gasteiger partial charge in [0.15, 0.2) is 0 Å². The Bertz CT molecular complexity index is 555. The Morgan fingerprint density at radius 2 is 1.87 bits per heavy atom. The maximum atomic E-state index is 14.1. The van der Waals surface area contributed by atoms with E-state index in [4.69, 9.17) is 9.47 Å². The summed E-state index contributed by atoms with van der Waals surface area (Å²) >= 11 is 0. The van der Waals surface area contributed by atoms with E-state index in [1.165, 1.54) is 4.90 Å². The van der Waals surface area contributed by atoms with Crippen molar-refractivity contribution in [2.75, 3.05) is 13.1 Å².